The molecular weight excluding hydrogens is 256 g/mol. The summed E-state index contributed by atoms with van der Waals surface area (Å²) in [7, 11) is 0. The van der Waals surface area contributed by atoms with Gasteiger partial charge < -0.3 is 15.3 Å². The summed E-state index contributed by atoms with van der Waals surface area (Å²) in [6, 6.07) is -0.408. The third kappa shape index (κ3) is 2.55. The smallest absolute Gasteiger partial charge is 0.326 e. The number of hydrogen-bond acceptors (Lipinski definition) is 3. The molecule has 0 spiro atoms. The number of carbonyl (C=O) groups is 2. The molecule has 0 aromatic heterocycles. The molecule has 2 heterocycles. The van der Waals surface area contributed by atoms with Crippen LogP contribution in [0.15, 0.2) is 0 Å². The highest BCUT2D eigenvalue weighted by atomic mass is 16.4. The van der Waals surface area contributed by atoms with Crippen molar-refractivity contribution in [1.29, 1.82) is 0 Å². The Morgan fingerprint density at radius 2 is 1.85 bits per heavy atom. The highest BCUT2D eigenvalue weighted by Gasteiger charge is 2.44. The zero-order valence-corrected chi connectivity index (χ0v) is 11.9. The van der Waals surface area contributed by atoms with Crippen LogP contribution in [-0.2, 0) is 9.59 Å². The highest BCUT2D eigenvalue weighted by molar-refractivity contribution is 5.84. The van der Waals surface area contributed by atoms with Crippen molar-refractivity contribution in [2.45, 2.75) is 57.0 Å². The van der Waals surface area contributed by atoms with Crippen molar-refractivity contribution in [1.82, 2.24) is 10.2 Å². The molecule has 2 aliphatic heterocycles. The summed E-state index contributed by atoms with van der Waals surface area (Å²) >= 11 is 0. The average Bonchev–Trinajstić information content (AvgIpc) is 2.41. The molecule has 0 aromatic carbocycles. The first-order valence-corrected chi connectivity index (χ1v) is 7.91. The molecule has 0 aromatic rings. The minimum Gasteiger partial charge on any atom is -0.480 e. The molecule has 2 saturated heterocycles. The van der Waals surface area contributed by atoms with Crippen LogP contribution in [0, 0.1) is 11.8 Å². The summed E-state index contributed by atoms with van der Waals surface area (Å²) in [5.74, 6) is 0.179. The van der Waals surface area contributed by atoms with Crippen LogP contribution >= 0.6 is 0 Å². The van der Waals surface area contributed by atoms with Gasteiger partial charge in [-0.15, -0.1) is 0 Å². The van der Waals surface area contributed by atoms with Gasteiger partial charge in [-0.1, -0.05) is 12.8 Å². The quantitative estimate of drug-likeness (QED) is 0.816. The van der Waals surface area contributed by atoms with Crippen molar-refractivity contribution in [3.05, 3.63) is 0 Å². The van der Waals surface area contributed by atoms with E-state index in [1.807, 2.05) is 0 Å². The first-order chi connectivity index (χ1) is 9.66. The number of amides is 1. The molecule has 3 aliphatic rings. The zero-order chi connectivity index (χ0) is 14.1. The second-order valence-electron chi connectivity index (χ2n) is 6.57. The highest BCUT2D eigenvalue weighted by Crippen LogP contribution is 2.38. The fourth-order valence-electron chi connectivity index (χ4n) is 4.08. The predicted molar refractivity (Wildman–Crippen MR) is 74.2 cm³/mol. The summed E-state index contributed by atoms with van der Waals surface area (Å²) in [5.41, 5.74) is 0. The summed E-state index contributed by atoms with van der Waals surface area (Å²) in [4.78, 5) is 25.9. The number of carbonyl (C=O) groups excluding carboxylic acids is 1. The second kappa shape index (κ2) is 5.72. The maximum Gasteiger partial charge on any atom is 0.326 e. The molecule has 3 atom stereocenters. The number of hydrogen-bond donors (Lipinski definition) is 2. The second-order valence-corrected chi connectivity index (χ2v) is 6.57. The Kier molecular flexibility index (Phi) is 3.96. The maximum absolute atomic E-state index is 12.6. The Morgan fingerprint density at radius 1 is 1.10 bits per heavy atom. The lowest BCUT2D eigenvalue weighted by Gasteiger charge is -2.47. The number of carboxylic acids is 1. The van der Waals surface area contributed by atoms with E-state index in [0.717, 1.165) is 38.8 Å². The summed E-state index contributed by atoms with van der Waals surface area (Å²) in [6.45, 7) is 1.79. The molecular formula is C15H24N2O3. The van der Waals surface area contributed by atoms with Gasteiger partial charge in [-0.05, 0) is 50.6 Å². The van der Waals surface area contributed by atoms with Gasteiger partial charge in [-0.3, -0.25) is 4.79 Å². The van der Waals surface area contributed by atoms with Gasteiger partial charge in [0.1, 0.15) is 6.04 Å². The van der Waals surface area contributed by atoms with E-state index < -0.39 is 12.0 Å². The minimum absolute atomic E-state index is 0.0699. The number of likely N-dealkylation sites (tertiary alicyclic amines) is 1. The van der Waals surface area contributed by atoms with Gasteiger partial charge in [-0.2, -0.15) is 0 Å². The van der Waals surface area contributed by atoms with Gasteiger partial charge in [0.05, 0.1) is 0 Å². The van der Waals surface area contributed by atoms with Gasteiger partial charge in [0.2, 0.25) is 5.91 Å². The molecule has 3 rings (SSSR count). The molecule has 3 fully saturated rings. The lowest BCUT2D eigenvalue weighted by molar-refractivity contribution is -0.159. The number of carboxylic acid groups (broad SMARTS) is 1. The van der Waals surface area contributed by atoms with Gasteiger partial charge in [0.15, 0.2) is 0 Å². The molecule has 5 heteroatoms. The van der Waals surface area contributed by atoms with Crippen molar-refractivity contribution in [2.24, 2.45) is 11.8 Å². The molecule has 20 heavy (non-hydrogen) atoms. The van der Waals surface area contributed by atoms with Crippen molar-refractivity contribution in [3.63, 3.8) is 0 Å². The van der Waals surface area contributed by atoms with Crippen LogP contribution in [0.4, 0.5) is 0 Å². The van der Waals surface area contributed by atoms with E-state index in [0.29, 0.717) is 24.7 Å². The molecule has 1 amide bonds. The topological polar surface area (TPSA) is 69.6 Å². The van der Waals surface area contributed by atoms with Gasteiger partial charge in [0, 0.05) is 12.5 Å². The summed E-state index contributed by atoms with van der Waals surface area (Å²) in [5, 5.41) is 12.6. The Labute approximate surface area is 119 Å². The number of aliphatic carboxylic acids is 1. The summed E-state index contributed by atoms with van der Waals surface area (Å²) in [6.07, 6.45) is 6.62. The Bertz CT molecular complexity index is 395. The van der Waals surface area contributed by atoms with Crippen LogP contribution in [0.2, 0.25) is 0 Å². The van der Waals surface area contributed by atoms with Crippen molar-refractivity contribution < 1.29 is 14.7 Å². The molecule has 112 valence electrons. The standard InChI is InChI=1S/C15H24N2O3/c18-14(7-10-8-16-9-10)17-12-4-2-1-3-11(12)5-6-13(17)15(19)20/h10-13,16H,1-9H2,(H,19,20). The van der Waals surface area contributed by atoms with Crippen LogP contribution < -0.4 is 5.32 Å². The van der Waals surface area contributed by atoms with Crippen LogP contribution in [-0.4, -0.2) is 47.1 Å². The van der Waals surface area contributed by atoms with Gasteiger partial charge in [0.25, 0.3) is 0 Å². The van der Waals surface area contributed by atoms with Crippen molar-refractivity contribution in [2.75, 3.05) is 13.1 Å². The third-order valence-corrected chi connectivity index (χ3v) is 5.28. The number of nitrogens with one attached hydrogen (secondary N) is 1. The molecule has 1 saturated carbocycles. The number of nitrogens with zero attached hydrogens (tertiary/aromatic N) is 1. The van der Waals surface area contributed by atoms with E-state index >= 15 is 0 Å². The van der Waals surface area contributed by atoms with Crippen molar-refractivity contribution in [3.8, 4) is 0 Å². The van der Waals surface area contributed by atoms with E-state index in [2.05, 4.69) is 5.32 Å². The number of piperidine rings is 1. The molecule has 2 N–H and O–H groups in total. The first-order valence-electron chi connectivity index (χ1n) is 7.91. The van der Waals surface area contributed by atoms with Crippen LogP contribution in [0.5, 0.6) is 0 Å². The predicted octanol–water partition coefficient (Wildman–Crippen LogP) is 1.23. The summed E-state index contributed by atoms with van der Waals surface area (Å²) < 4.78 is 0. The van der Waals surface area contributed by atoms with E-state index in [9.17, 15) is 14.7 Å². The largest absolute Gasteiger partial charge is 0.480 e. The van der Waals surface area contributed by atoms with Crippen LogP contribution in [0.25, 0.3) is 0 Å². The van der Waals surface area contributed by atoms with E-state index in [-0.39, 0.29) is 11.9 Å². The molecule has 0 bridgehead atoms. The third-order valence-electron chi connectivity index (χ3n) is 5.28. The molecule has 1 aliphatic carbocycles. The number of fused-ring (bicyclic) bond motifs is 1. The van der Waals surface area contributed by atoms with E-state index in [1.165, 1.54) is 6.42 Å². The van der Waals surface area contributed by atoms with Crippen LogP contribution in [0.1, 0.15) is 44.9 Å². The average molecular weight is 280 g/mol. The monoisotopic (exact) mass is 280 g/mol. The number of rotatable bonds is 3. The minimum atomic E-state index is -0.825. The van der Waals surface area contributed by atoms with Crippen LogP contribution in [0.3, 0.4) is 0 Å². The Morgan fingerprint density at radius 3 is 2.50 bits per heavy atom. The molecule has 5 nitrogen and oxygen atoms in total. The lowest BCUT2D eigenvalue weighted by atomic mass is 9.76. The van der Waals surface area contributed by atoms with E-state index in [4.69, 9.17) is 0 Å². The lowest BCUT2D eigenvalue weighted by Crippen LogP contribution is -2.58. The zero-order valence-electron chi connectivity index (χ0n) is 11.9. The normalized spacial score (nSPS) is 34.2. The first kappa shape index (κ1) is 13.9. The fourth-order valence-corrected chi connectivity index (χ4v) is 4.08. The van der Waals surface area contributed by atoms with E-state index in [1.54, 1.807) is 4.90 Å². The maximum atomic E-state index is 12.6. The SMILES string of the molecule is O=C(O)C1CCC2CCCCC2N1C(=O)CC1CNC1. The molecule has 0 radical (unpaired) electrons. The van der Waals surface area contributed by atoms with Gasteiger partial charge in [-0.25, -0.2) is 4.79 Å². The van der Waals surface area contributed by atoms with Gasteiger partial charge >= 0.3 is 5.97 Å². The Hall–Kier alpha value is -1.10. The molecule has 3 unspecified atom stereocenters. The van der Waals surface area contributed by atoms with Crippen molar-refractivity contribution >= 4 is 11.9 Å². The fraction of sp³-hybridized carbons (Fsp3) is 0.867. The Balaban J connectivity index is 1.75.